The molecule has 0 unspecified atom stereocenters. The molecule has 0 spiro atoms. The fourth-order valence-corrected chi connectivity index (χ4v) is 3.02. The highest BCUT2D eigenvalue weighted by molar-refractivity contribution is 5.92. The highest BCUT2D eigenvalue weighted by Gasteiger charge is 2.38. The molecule has 2 saturated heterocycles. The fraction of sp³-hybridized carbons (Fsp3) is 0.643. The molecule has 2 fully saturated rings. The predicted molar refractivity (Wildman–Crippen MR) is 76.8 cm³/mol. The lowest BCUT2D eigenvalue weighted by atomic mass is 10.1. The number of likely N-dealkylation sites (tertiary alicyclic amines) is 1. The number of nitrogens with zero attached hydrogens (tertiary/aromatic N) is 5. The van der Waals surface area contributed by atoms with Crippen LogP contribution in [0.5, 0.6) is 0 Å². The van der Waals surface area contributed by atoms with E-state index in [1.54, 1.807) is 11.1 Å². The Morgan fingerprint density at radius 2 is 2.00 bits per heavy atom. The molecule has 1 N–H and O–H groups in total. The Kier molecular flexibility index (Phi) is 4.14. The summed E-state index contributed by atoms with van der Waals surface area (Å²) < 4.78 is 0. The van der Waals surface area contributed by atoms with Crippen molar-refractivity contribution in [2.75, 3.05) is 46.3 Å². The number of likely N-dealkylation sites (N-methyl/N-ethyl adjacent to an activating group) is 1. The zero-order valence-electron chi connectivity index (χ0n) is 12.2. The van der Waals surface area contributed by atoms with E-state index in [4.69, 9.17) is 0 Å². The SMILES string of the molecule is CN1CCN([C@@H]2CN(C(=O)c3cnccn3)C[C@H]2O)CC1. The van der Waals surface area contributed by atoms with Crippen LogP contribution in [-0.2, 0) is 0 Å². The molecule has 3 heterocycles. The zero-order valence-corrected chi connectivity index (χ0v) is 12.2. The third-order valence-corrected chi connectivity index (χ3v) is 4.34. The quantitative estimate of drug-likeness (QED) is 0.746. The van der Waals surface area contributed by atoms with E-state index >= 15 is 0 Å². The van der Waals surface area contributed by atoms with Crippen molar-refractivity contribution in [2.45, 2.75) is 12.1 Å². The van der Waals surface area contributed by atoms with E-state index in [2.05, 4.69) is 26.8 Å². The summed E-state index contributed by atoms with van der Waals surface area (Å²) in [6.07, 6.45) is 4.03. The predicted octanol–water partition coefficient (Wildman–Crippen LogP) is -1.09. The van der Waals surface area contributed by atoms with Gasteiger partial charge in [-0.05, 0) is 7.05 Å². The summed E-state index contributed by atoms with van der Waals surface area (Å²) in [5, 5.41) is 10.3. The van der Waals surface area contributed by atoms with Gasteiger partial charge in [-0.1, -0.05) is 0 Å². The molecule has 0 aliphatic carbocycles. The van der Waals surface area contributed by atoms with E-state index in [1.165, 1.54) is 12.4 Å². The third-order valence-electron chi connectivity index (χ3n) is 4.34. The Morgan fingerprint density at radius 3 is 2.67 bits per heavy atom. The van der Waals surface area contributed by atoms with Crippen LogP contribution in [0.2, 0.25) is 0 Å². The summed E-state index contributed by atoms with van der Waals surface area (Å²) in [4.78, 5) is 26.6. The number of aromatic nitrogens is 2. The Hall–Kier alpha value is -1.57. The number of amides is 1. The van der Waals surface area contributed by atoms with E-state index in [0.29, 0.717) is 18.8 Å². The molecule has 7 heteroatoms. The van der Waals surface area contributed by atoms with Crippen molar-refractivity contribution in [3.05, 3.63) is 24.3 Å². The summed E-state index contributed by atoms with van der Waals surface area (Å²) in [7, 11) is 2.10. The van der Waals surface area contributed by atoms with Gasteiger partial charge in [-0.15, -0.1) is 0 Å². The maximum Gasteiger partial charge on any atom is 0.274 e. The van der Waals surface area contributed by atoms with Crippen molar-refractivity contribution < 1.29 is 9.90 Å². The van der Waals surface area contributed by atoms with Crippen LogP contribution in [0.4, 0.5) is 0 Å². The highest BCUT2D eigenvalue weighted by Crippen LogP contribution is 2.19. The van der Waals surface area contributed by atoms with Gasteiger partial charge in [-0.3, -0.25) is 14.7 Å². The van der Waals surface area contributed by atoms with Crippen molar-refractivity contribution in [2.24, 2.45) is 0 Å². The summed E-state index contributed by atoms with van der Waals surface area (Å²) in [5.41, 5.74) is 0.337. The summed E-state index contributed by atoms with van der Waals surface area (Å²) >= 11 is 0. The molecule has 3 rings (SSSR count). The van der Waals surface area contributed by atoms with Crippen LogP contribution in [0.1, 0.15) is 10.5 Å². The first kappa shape index (κ1) is 14.4. The molecule has 1 aromatic rings. The van der Waals surface area contributed by atoms with Crippen LogP contribution < -0.4 is 0 Å². The first-order chi connectivity index (χ1) is 10.1. The van der Waals surface area contributed by atoms with Crippen molar-refractivity contribution in [1.82, 2.24) is 24.7 Å². The molecule has 2 aliphatic heterocycles. The van der Waals surface area contributed by atoms with Crippen molar-refractivity contribution in [3.63, 3.8) is 0 Å². The molecule has 21 heavy (non-hydrogen) atoms. The van der Waals surface area contributed by atoms with Gasteiger partial charge in [0.1, 0.15) is 5.69 Å². The zero-order chi connectivity index (χ0) is 14.8. The van der Waals surface area contributed by atoms with Crippen molar-refractivity contribution in [1.29, 1.82) is 0 Å². The maximum atomic E-state index is 12.4. The third kappa shape index (κ3) is 3.04. The molecule has 0 aromatic carbocycles. The lowest BCUT2D eigenvalue weighted by Crippen LogP contribution is -2.52. The van der Waals surface area contributed by atoms with E-state index in [9.17, 15) is 9.90 Å². The normalized spacial score (nSPS) is 28.0. The van der Waals surface area contributed by atoms with Crippen LogP contribution in [-0.4, -0.2) is 94.1 Å². The minimum atomic E-state index is -0.492. The van der Waals surface area contributed by atoms with Gasteiger partial charge in [0.2, 0.25) is 0 Å². The van der Waals surface area contributed by atoms with Crippen LogP contribution in [0, 0.1) is 0 Å². The number of carbonyl (C=O) groups excluding carboxylic acids is 1. The first-order valence-corrected chi connectivity index (χ1v) is 7.31. The van der Waals surface area contributed by atoms with Crippen LogP contribution in [0.25, 0.3) is 0 Å². The molecule has 1 aromatic heterocycles. The van der Waals surface area contributed by atoms with Crippen molar-refractivity contribution >= 4 is 5.91 Å². The lowest BCUT2D eigenvalue weighted by molar-refractivity contribution is 0.0512. The Balaban J connectivity index is 1.64. The van der Waals surface area contributed by atoms with E-state index in [-0.39, 0.29) is 11.9 Å². The van der Waals surface area contributed by atoms with Crippen LogP contribution >= 0.6 is 0 Å². The number of aliphatic hydroxyl groups is 1. The molecular formula is C14H21N5O2. The molecule has 2 aliphatic rings. The Bertz CT molecular complexity index is 489. The molecule has 2 atom stereocenters. The monoisotopic (exact) mass is 291 g/mol. The second-order valence-corrected chi connectivity index (χ2v) is 5.77. The second kappa shape index (κ2) is 6.05. The van der Waals surface area contributed by atoms with Gasteiger partial charge in [0.25, 0.3) is 5.91 Å². The van der Waals surface area contributed by atoms with Gasteiger partial charge in [0.15, 0.2) is 0 Å². The van der Waals surface area contributed by atoms with Crippen molar-refractivity contribution in [3.8, 4) is 0 Å². The number of β-amino-alcohol motifs (C(OH)–C–C–N with tert-alkyl or cyclic N) is 1. The summed E-state index contributed by atoms with van der Waals surface area (Å²) in [5.74, 6) is -0.154. The standard InChI is InChI=1S/C14H21N5O2/c1-17-4-6-18(7-5-17)12-9-19(10-13(12)20)14(21)11-8-15-2-3-16-11/h2-3,8,12-13,20H,4-7,9-10H2,1H3/t12-,13-/m1/s1. The van der Waals surface area contributed by atoms with Gasteiger partial charge in [-0.25, -0.2) is 4.98 Å². The number of piperazine rings is 1. The number of carbonyl (C=O) groups is 1. The average molecular weight is 291 g/mol. The molecule has 0 saturated carbocycles. The maximum absolute atomic E-state index is 12.4. The number of aliphatic hydroxyl groups excluding tert-OH is 1. The lowest BCUT2D eigenvalue weighted by Gasteiger charge is -2.37. The molecule has 7 nitrogen and oxygen atoms in total. The van der Waals surface area contributed by atoms with Crippen LogP contribution in [0.3, 0.4) is 0 Å². The smallest absolute Gasteiger partial charge is 0.274 e. The summed E-state index contributed by atoms with van der Waals surface area (Å²) in [6, 6.07) is 0.0271. The second-order valence-electron chi connectivity index (χ2n) is 5.77. The van der Waals surface area contributed by atoms with E-state index < -0.39 is 6.10 Å². The van der Waals surface area contributed by atoms with Crippen LogP contribution in [0.15, 0.2) is 18.6 Å². The van der Waals surface area contributed by atoms with Gasteiger partial charge >= 0.3 is 0 Å². The van der Waals surface area contributed by atoms with E-state index in [1.807, 2.05) is 0 Å². The Labute approximate surface area is 124 Å². The Morgan fingerprint density at radius 1 is 1.24 bits per heavy atom. The fourth-order valence-electron chi connectivity index (χ4n) is 3.02. The van der Waals surface area contributed by atoms with Gasteiger partial charge < -0.3 is 14.9 Å². The summed E-state index contributed by atoms with van der Waals surface area (Å²) in [6.45, 7) is 4.80. The van der Waals surface area contributed by atoms with E-state index in [0.717, 1.165) is 26.2 Å². The largest absolute Gasteiger partial charge is 0.390 e. The molecular weight excluding hydrogens is 270 g/mol. The minimum absolute atomic E-state index is 0.0271. The molecule has 1 amide bonds. The average Bonchev–Trinajstić information content (AvgIpc) is 2.90. The van der Waals surface area contributed by atoms with Gasteiger partial charge in [-0.2, -0.15) is 0 Å². The first-order valence-electron chi connectivity index (χ1n) is 7.31. The minimum Gasteiger partial charge on any atom is -0.390 e. The van der Waals surface area contributed by atoms with Gasteiger partial charge in [0.05, 0.1) is 18.3 Å². The molecule has 114 valence electrons. The highest BCUT2D eigenvalue weighted by atomic mass is 16.3. The molecule has 0 bridgehead atoms. The molecule has 0 radical (unpaired) electrons. The number of hydrogen-bond acceptors (Lipinski definition) is 6. The number of rotatable bonds is 2. The topological polar surface area (TPSA) is 72.8 Å². The number of hydrogen-bond donors (Lipinski definition) is 1. The van der Waals surface area contributed by atoms with Gasteiger partial charge in [0, 0.05) is 51.7 Å².